The van der Waals surface area contributed by atoms with E-state index in [1.165, 1.54) is 6.21 Å². The van der Waals surface area contributed by atoms with E-state index in [4.69, 9.17) is 4.43 Å². The summed E-state index contributed by atoms with van der Waals surface area (Å²) in [6.07, 6.45) is 6.35. The summed E-state index contributed by atoms with van der Waals surface area (Å²) in [6, 6.07) is 3.57. The number of allylic oxidation sites excluding steroid dienone is 1. The van der Waals surface area contributed by atoms with Gasteiger partial charge in [-0.05, 0) is 49.2 Å². The molecule has 1 aliphatic carbocycles. The smallest absolute Gasteiger partial charge is 0.245 e. The van der Waals surface area contributed by atoms with Gasteiger partial charge in [0.15, 0.2) is 8.32 Å². The van der Waals surface area contributed by atoms with E-state index in [1.54, 1.807) is 22.9 Å². The summed E-state index contributed by atoms with van der Waals surface area (Å²) >= 11 is 0. The predicted molar refractivity (Wildman–Crippen MR) is 96.7 cm³/mol. The van der Waals surface area contributed by atoms with Crippen LogP contribution >= 0.6 is 0 Å². The number of hydrogen-bond acceptors (Lipinski definition) is 3. The van der Waals surface area contributed by atoms with Gasteiger partial charge in [0.1, 0.15) is 11.6 Å². The van der Waals surface area contributed by atoms with Gasteiger partial charge in [0.05, 0.1) is 6.10 Å². The number of carbonyl (C=O) groups is 1. The van der Waals surface area contributed by atoms with Crippen molar-refractivity contribution in [3.63, 3.8) is 0 Å². The second-order valence-electron chi connectivity index (χ2n) is 8.25. The number of hydrogen-bond donors (Lipinski definition) is 0. The summed E-state index contributed by atoms with van der Waals surface area (Å²) in [4.78, 5) is 12.9. The van der Waals surface area contributed by atoms with Crippen molar-refractivity contribution in [3.8, 4) is 0 Å². The zero-order valence-electron chi connectivity index (χ0n) is 15.1. The van der Waals surface area contributed by atoms with Gasteiger partial charge in [-0.15, -0.1) is 0 Å². The lowest BCUT2D eigenvalue weighted by atomic mass is 9.89. The average Bonchev–Trinajstić information content (AvgIpc) is 2.89. The molecule has 24 heavy (non-hydrogen) atoms. The standard InChI is InChI=1S/C18H26N2O3Si/c1-18(2,3)24(4,5)23-14-8-9-16-15(11-14)17(21)19-10-6-7-13(19)12-20(16)22/h6-7,9-10,12,14-15H,8,11H2,1-5H3/t14-,15+/m1/s1. The van der Waals surface area contributed by atoms with Crippen molar-refractivity contribution in [1.29, 1.82) is 0 Å². The Hall–Kier alpha value is -1.66. The van der Waals surface area contributed by atoms with E-state index in [9.17, 15) is 10.0 Å². The lowest BCUT2D eigenvalue weighted by Crippen LogP contribution is -2.45. The maximum atomic E-state index is 12.9. The number of aromatic nitrogens is 1. The van der Waals surface area contributed by atoms with E-state index < -0.39 is 14.2 Å². The van der Waals surface area contributed by atoms with Crippen LogP contribution in [0.1, 0.15) is 44.1 Å². The summed E-state index contributed by atoms with van der Waals surface area (Å²) in [5, 5.41) is 12.5. The fourth-order valence-electron chi connectivity index (χ4n) is 3.10. The molecule has 0 aromatic carbocycles. The van der Waals surface area contributed by atoms with Gasteiger partial charge >= 0.3 is 0 Å². The molecule has 2 aliphatic rings. The zero-order chi connectivity index (χ0) is 17.7. The first-order chi connectivity index (χ1) is 11.1. The molecule has 1 aliphatic heterocycles. The highest BCUT2D eigenvalue weighted by Gasteiger charge is 2.43. The topological polar surface area (TPSA) is 57.3 Å². The van der Waals surface area contributed by atoms with Gasteiger partial charge in [-0.1, -0.05) is 20.8 Å². The first-order valence-corrected chi connectivity index (χ1v) is 11.4. The van der Waals surface area contributed by atoms with Crippen LogP contribution in [0.5, 0.6) is 0 Å². The van der Waals surface area contributed by atoms with Crippen LogP contribution < -0.4 is 0 Å². The Bertz CT molecular complexity index is 725. The Kier molecular flexibility index (Phi) is 4.08. The molecular weight excluding hydrogens is 320 g/mol. The van der Waals surface area contributed by atoms with E-state index in [1.807, 2.05) is 6.08 Å². The number of fused-ring (bicyclic) bond motifs is 2. The molecule has 0 radical (unpaired) electrons. The molecule has 0 saturated carbocycles. The highest BCUT2D eigenvalue weighted by atomic mass is 28.4. The lowest BCUT2D eigenvalue weighted by Gasteiger charge is -2.40. The van der Waals surface area contributed by atoms with Crippen LogP contribution in [-0.2, 0) is 4.43 Å². The van der Waals surface area contributed by atoms with Gasteiger partial charge in [-0.2, -0.15) is 4.74 Å². The highest BCUT2D eigenvalue weighted by molar-refractivity contribution is 6.74. The van der Waals surface area contributed by atoms with Gasteiger partial charge in [0.2, 0.25) is 17.8 Å². The van der Waals surface area contributed by atoms with Crippen LogP contribution in [0.2, 0.25) is 18.1 Å². The molecule has 0 fully saturated rings. The minimum Gasteiger partial charge on any atom is -0.618 e. The highest BCUT2D eigenvalue weighted by Crippen LogP contribution is 2.40. The molecule has 0 unspecified atom stereocenters. The molecule has 0 N–H and O–H groups in total. The van der Waals surface area contributed by atoms with Gasteiger partial charge < -0.3 is 9.63 Å². The van der Waals surface area contributed by atoms with Crippen molar-refractivity contribution >= 4 is 20.4 Å². The normalized spacial score (nSPS) is 24.6. The van der Waals surface area contributed by atoms with E-state index >= 15 is 0 Å². The van der Waals surface area contributed by atoms with Gasteiger partial charge in [-0.25, -0.2) is 0 Å². The zero-order valence-corrected chi connectivity index (χ0v) is 16.1. The van der Waals surface area contributed by atoms with Crippen molar-refractivity contribution < 1.29 is 14.0 Å². The Labute approximate surface area is 144 Å². The molecule has 0 amide bonds. The van der Waals surface area contributed by atoms with Crippen molar-refractivity contribution in [2.75, 3.05) is 0 Å². The SMILES string of the molecule is CC(C)(C)[Si](C)(C)O[C@@H]1CC=C2[C@H](C1)C(=O)n1cccc1C=[N+]2[O-]. The van der Waals surface area contributed by atoms with Crippen LogP contribution in [0, 0.1) is 11.1 Å². The first-order valence-electron chi connectivity index (χ1n) is 8.51. The first kappa shape index (κ1) is 17.2. The molecular formula is C18H26N2O3Si. The maximum absolute atomic E-state index is 12.9. The van der Waals surface area contributed by atoms with Gasteiger partial charge in [0, 0.05) is 6.20 Å². The van der Waals surface area contributed by atoms with Gasteiger partial charge in [0.25, 0.3) is 0 Å². The molecule has 6 heteroatoms. The molecule has 3 rings (SSSR count). The second kappa shape index (κ2) is 5.70. The van der Waals surface area contributed by atoms with Crippen molar-refractivity contribution in [3.05, 3.63) is 41.0 Å². The molecule has 0 saturated heterocycles. The fraction of sp³-hybridized carbons (Fsp3) is 0.556. The Morgan fingerprint density at radius 3 is 2.75 bits per heavy atom. The molecule has 1 aromatic heterocycles. The molecule has 130 valence electrons. The maximum Gasteiger partial charge on any atom is 0.245 e. The third kappa shape index (κ3) is 2.89. The van der Waals surface area contributed by atoms with E-state index in [0.717, 1.165) is 4.74 Å². The molecule has 0 bridgehead atoms. The minimum absolute atomic E-state index is 0.00546. The van der Waals surface area contributed by atoms with E-state index in [0.29, 0.717) is 24.2 Å². The van der Waals surface area contributed by atoms with Crippen molar-refractivity contribution in [2.45, 2.75) is 57.8 Å². The second-order valence-corrected chi connectivity index (χ2v) is 13.0. The number of hydroxylamine groups is 1. The average molecular weight is 347 g/mol. The van der Waals surface area contributed by atoms with Crippen LogP contribution in [0.3, 0.4) is 0 Å². The summed E-state index contributed by atoms with van der Waals surface area (Å²) in [6.45, 7) is 11.1. The largest absolute Gasteiger partial charge is 0.618 e. The van der Waals surface area contributed by atoms with Crippen molar-refractivity contribution in [1.82, 2.24) is 4.57 Å². The van der Waals surface area contributed by atoms with Crippen LogP contribution in [0.15, 0.2) is 30.1 Å². The van der Waals surface area contributed by atoms with E-state index in [2.05, 4.69) is 33.9 Å². The Morgan fingerprint density at radius 2 is 2.08 bits per heavy atom. The third-order valence-electron chi connectivity index (χ3n) is 5.53. The third-order valence-corrected chi connectivity index (χ3v) is 10.1. The predicted octanol–water partition coefficient (Wildman–Crippen LogP) is 3.76. The quantitative estimate of drug-likeness (QED) is 0.465. The molecule has 5 nitrogen and oxygen atoms in total. The van der Waals surface area contributed by atoms with Crippen molar-refractivity contribution in [2.24, 2.45) is 5.92 Å². The summed E-state index contributed by atoms with van der Waals surface area (Å²) < 4.78 is 8.91. The molecule has 2 heterocycles. The molecule has 2 atom stereocenters. The molecule has 0 spiro atoms. The summed E-state index contributed by atoms with van der Waals surface area (Å²) in [7, 11) is -1.91. The Balaban J connectivity index is 1.88. The minimum atomic E-state index is -1.91. The lowest BCUT2D eigenvalue weighted by molar-refractivity contribution is -0.404. The van der Waals surface area contributed by atoms with Crippen LogP contribution in [0.25, 0.3) is 0 Å². The van der Waals surface area contributed by atoms with Gasteiger partial charge in [-0.3, -0.25) is 9.36 Å². The van der Waals surface area contributed by atoms with E-state index in [-0.39, 0.29) is 17.0 Å². The summed E-state index contributed by atoms with van der Waals surface area (Å²) in [5.74, 6) is -0.477. The number of rotatable bonds is 2. The monoisotopic (exact) mass is 346 g/mol. The summed E-state index contributed by atoms with van der Waals surface area (Å²) in [5.41, 5.74) is 1.19. The number of carbonyl (C=O) groups excluding carboxylic acids is 1. The fourth-order valence-corrected chi connectivity index (χ4v) is 4.48. The number of nitrogens with zero attached hydrogens (tertiary/aromatic N) is 2. The van der Waals surface area contributed by atoms with Crippen LogP contribution in [0.4, 0.5) is 0 Å². The molecule has 1 aromatic rings. The van der Waals surface area contributed by atoms with Crippen LogP contribution in [-0.4, -0.2) is 35.8 Å². The Morgan fingerprint density at radius 1 is 1.38 bits per heavy atom.